The van der Waals surface area contributed by atoms with E-state index in [2.05, 4.69) is 144 Å². The number of hydrogen-bond donors (Lipinski definition) is 1. The Morgan fingerprint density at radius 3 is 2.19 bits per heavy atom. The van der Waals surface area contributed by atoms with Gasteiger partial charge in [0.1, 0.15) is 22.8 Å². The van der Waals surface area contributed by atoms with Gasteiger partial charge in [-0.2, -0.15) is 0 Å². The maximum atomic E-state index is 6.67. The van der Waals surface area contributed by atoms with Crippen molar-refractivity contribution in [2.75, 3.05) is 4.90 Å². The molecule has 0 amide bonds. The molecule has 0 radical (unpaired) electrons. The van der Waals surface area contributed by atoms with Gasteiger partial charge in [0.05, 0.1) is 6.04 Å². The molecule has 3 aliphatic rings. The first-order valence-corrected chi connectivity index (χ1v) is 20.6. The molecule has 2 unspecified atom stereocenters. The SMILES string of the molecule is C1=CC2C(CC1)c1ccccc1N2c1ccc2c(c1)oc1cccc(-c3ccc4sc5c(C6N=C(c7ccccc7)NC(c7ccccc7)=N6)cccc5c4c3)c12. The molecule has 7 aromatic carbocycles. The lowest BCUT2D eigenvalue weighted by Gasteiger charge is -2.30. The van der Waals surface area contributed by atoms with Gasteiger partial charge in [-0.15, -0.1) is 11.3 Å². The first-order chi connectivity index (χ1) is 28.2. The minimum atomic E-state index is -0.391. The maximum Gasteiger partial charge on any atom is 0.171 e. The number of hydrogen-bond acceptors (Lipinski definition) is 6. The summed E-state index contributed by atoms with van der Waals surface area (Å²) in [6.45, 7) is 0. The molecule has 1 N–H and O–H groups in total. The van der Waals surface area contributed by atoms with E-state index >= 15 is 0 Å². The number of para-hydroxylation sites is 1. The Labute approximate surface area is 333 Å². The smallest absolute Gasteiger partial charge is 0.171 e. The third kappa shape index (κ3) is 5.21. The second kappa shape index (κ2) is 12.9. The molecule has 0 saturated heterocycles. The van der Waals surface area contributed by atoms with Crippen molar-refractivity contribution in [3.8, 4) is 11.1 Å². The number of furan rings is 1. The van der Waals surface area contributed by atoms with Crippen molar-refractivity contribution in [2.24, 2.45) is 9.98 Å². The first-order valence-electron chi connectivity index (χ1n) is 19.7. The van der Waals surface area contributed by atoms with Gasteiger partial charge in [-0.05, 0) is 65.9 Å². The average molecular weight is 753 g/mol. The number of nitrogens with zero attached hydrogens (tertiary/aromatic N) is 3. The molecule has 4 heterocycles. The first kappa shape index (κ1) is 32.5. The minimum Gasteiger partial charge on any atom is -0.456 e. The third-order valence-electron chi connectivity index (χ3n) is 12.0. The summed E-state index contributed by atoms with van der Waals surface area (Å²) in [6.07, 6.45) is 6.67. The number of thiophene rings is 1. The Balaban J connectivity index is 0.959. The summed E-state index contributed by atoms with van der Waals surface area (Å²) in [5.74, 6) is 2.16. The number of rotatable bonds is 5. The molecule has 0 spiro atoms. The van der Waals surface area contributed by atoms with Crippen LogP contribution in [-0.2, 0) is 0 Å². The third-order valence-corrected chi connectivity index (χ3v) is 13.2. The van der Waals surface area contributed by atoms with Crippen LogP contribution < -0.4 is 10.2 Å². The molecule has 6 heteroatoms. The topological polar surface area (TPSA) is 53.1 Å². The summed E-state index contributed by atoms with van der Waals surface area (Å²) in [4.78, 5) is 12.9. The predicted octanol–water partition coefficient (Wildman–Crippen LogP) is 13.1. The van der Waals surface area contributed by atoms with Crippen LogP contribution >= 0.6 is 11.3 Å². The molecule has 9 aromatic rings. The van der Waals surface area contributed by atoms with E-state index in [4.69, 9.17) is 14.4 Å². The number of nitrogens with one attached hydrogen (secondary N) is 1. The zero-order valence-electron chi connectivity index (χ0n) is 31.0. The number of anilines is 2. The van der Waals surface area contributed by atoms with E-state index in [9.17, 15) is 0 Å². The Morgan fingerprint density at radius 1 is 0.614 bits per heavy atom. The second-order valence-electron chi connectivity index (χ2n) is 15.2. The summed E-state index contributed by atoms with van der Waals surface area (Å²) < 4.78 is 9.12. The molecular formula is C51H36N4OS. The van der Waals surface area contributed by atoms with Gasteiger partial charge in [0.15, 0.2) is 6.17 Å². The van der Waals surface area contributed by atoms with Gasteiger partial charge in [-0.3, -0.25) is 0 Å². The predicted molar refractivity (Wildman–Crippen MR) is 237 cm³/mol. The average Bonchev–Trinajstić information content (AvgIpc) is 3.96. The van der Waals surface area contributed by atoms with Gasteiger partial charge >= 0.3 is 0 Å². The van der Waals surface area contributed by atoms with Crippen molar-refractivity contribution in [1.29, 1.82) is 0 Å². The van der Waals surface area contributed by atoms with E-state index in [-0.39, 0.29) is 0 Å². The molecular weight excluding hydrogens is 717 g/mol. The summed E-state index contributed by atoms with van der Waals surface area (Å²) in [7, 11) is 0. The fourth-order valence-corrected chi connectivity index (χ4v) is 10.6. The monoisotopic (exact) mass is 752 g/mol. The summed E-state index contributed by atoms with van der Waals surface area (Å²) in [5, 5.41) is 8.27. The van der Waals surface area contributed by atoms with E-state index in [1.54, 1.807) is 0 Å². The molecule has 0 saturated carbocycles. The summed E-state index contributed by atoms with van der Waals surface area (Å²) in [6, 6.07) is 56.6. The van der Waals surface area contributed by atoms with Crippen LogP contribution in [0.1, 0.15) is 47.2 Å². The zero-order chi connectivity index (χ0) is 37.5. The molecule has 2 aliphatic heterocycles. The van der Waals surface area contributed by atoms with E-state index in [1.165, 1.54) is 54.7 Å². The Morgan fingerprint density at radius 2 is 1.37 bits per heavy atom. The van der Waals surface area contributed by atoms with Gasteiger partial charge in [0.25, 0.3) is 0 Å². The minimum absolute atomic E-state index is 0.325. The number of allylic oxidation sites excluding steroid dienone is 1. The molecule has 57 heavy (non-hydrogen) atoms. The molecule has 0 bridgehead atoms. The van der Waals surface area contributed by atoms with Gasteiger partial charge < -0.3 is 14.6 Å². The van der Waals surface area contributed by atoms with Crippen molar-refractivity contribution in [1.82, 2.24) is 5.32 Å². The van der Waals surface area contributed by atoms with Crippen LogP contribution in [0.3, 0.4) is 0 Å². The normalized spacial score (nSPS) is 17.9. The standard InChI is InChI=1S/C51H36N4OS/c1-3-13-31(14-4-1)49-52-50(32-15-5-2-6-16-32)54-51(53-49)40-21-11-20-38-41-29-33(25-28-46(41)57-48(38)40)35-19-12-24-44-47(35)39-27-26-34(30-45(39)56-44)55-42-22-9-7-17-36(42)37-18-8-10-23-43(37)55/h1-7,9-17,19-30,37,43,51H,8,18H2,(H,52,53,54). The highest BCUT2D eigenvalue weighted by atomic mass is 32.1. The van der Waals surface area contributed by atoms with Crippen LogP contribution in [0.2, 0.25) is 0 Å². The number of fused-ring (bicyclic) bond motifs is 9. The van der Waals surface area contributed by atoms with Crippen molar-refractivity contribution < 1.29 is 4.42 Å². The molecule has 0 fully saturated rings. The van der Waals surface area contributed by atoms with Crippen LogP contribution in [0.25, 0.3) is 53.2 Å². The van der Waals surface area contributed by atoms with Crippen molar-refractivity contribution in [3.63, 3.8) is 0 Å². The summed E-state index contributed by atoms with van der Waals surface area (Å²) in [5.41, 5.74) is 11.3. The lowest BCUT2D eigenvalue weighted by Crippen LogP contribution is -2.36. The fraction of sp³-hybridized carbons (Fsp3) is 0.0980. The van der Waals surface area contributed by atoms with Gasteiger partial charge in [0.2, 0.25) is 0 Å². The van der Waals surface area contributed by atoms with Gasteiger partial charge in [-0.1, -0.05) is 127 Å². The molecule has 12 rings (SSSR count). The molecule has 5 nitrogen and oxygen atoms in total. The highest BCUT2D eigenvalue weighted by Crippen LogP contribution is 2.50. The molecule has 272 valence electrons. The lowest BCUT2D eigenvalue weighted by molar-refractivity contribution is 0.572. The molecule has 2 atom stereocenters. The second-order valence-corrected chi connectivity index (χ2v) is 16.3. The van der Waals surface area contributed by atoms with Crippen LogP contribution in [0.4, 0.5) is 11.4 Å². The summed E-state index contributed by atoms with van der Waals surface area (Å²) >= 11 is 1.82. The lowest BCUT2D eigenvalue weighted by atomic mass is 9.86. The van der Waals surface area contributed by atoms with E-state index in [1.807, 2.05) is 47.7 Å². The highest BCUT2D eigenvalue weighted by Gasteiger charge is 2.38. The van der Waals surface area contributed by atoms with E-state index < -0.39 is 6.17 Å². The van der Waals surface area contributed by atoms with Crippen molar-refractivity contribution in [3.05, 3.63) is 192 Å². The Bertz CT molecular complexity index is 3080. The van der Waals surface area contributed by atoms with E-state index in [0.29, 0.717) is 12.0 Å². The van der Waals surface area contributed by atoms with Crippen LogP contribution in [0, 0.1) is 0 Å². The zero-order valence-corrected chi connectivity index (χ0v) is 31.8. The Kier molecular flexibility index (Phi) is 7.35. The largest absolute Gasteiger partial charge is 0.456 e. The van der Waals surface area contributed by atoms with E-state index in [0.717, 1.165) is 56.7 Å². The van der Waals surface area contributed by atoms with Gasteiger partial charge in [-0.25, -0.2) is 9.98 Å². The van der Waals surface area contributed by atoms with Crippen LogP contribution in [0.15, 0.2) is 184 Å². The quantitative estimate of drug-likeness (QED) is 0.178. The van der Waals surface area contributed by atoms with Crippen molar-refractivity contribution >= 4 is 76.5 Å². The fourth-order valence-electron chi connectivity index (χ4n) is 9.38. The van der Waals surface area contributed by atoms with Crippen molar-refractivity contribution in [2.45, 2.75) is 31.0 Å². The number of benzene rings is 7. The highest BCUT2D eigenvalue weighted by molar-refractivity contribution is 7.26. The maximum absolute atomic E-state index is 6.67. The Hall–Kier alpha value is -6.76. The van der Waals surface area contributed by atoms with Crippen LogP contribution in [0.5, 0.6) is 0 Å². The number of amidine groups is 2. The molecule has 2 aromatic heterocycles. The van der Waals surface area contributed by atoms with Crippen LogP contribution in [-0.4, -0.2) is 17.7 Å². The number of aliphatic imine (C=N–C) groups is 2. The van der Waals surface area contributed by atoms with Gasteiger partial charge in [0, 0.05) is 71.0 Å². The molecule has 1 aliphatic carbocycles.